The molecule has 0 aliphatic heterocycles. The van der Waals surface area contributed by atoms with E-state index >= 15 is 0 Å². The van der Waals surface area contributed by atoms with Crippen LogP contribution in [0, 0.1) is 0 Å². The van der Waals surface area contributed by atoms with E-state index in [0.717, 1.165) is 17.9 Å². The summed E-state index contributed by atoms with van der Waals surface area (Å²) in [6, 6.07) is 9.45. The first-order chi connectivity index (χ1) is 9.29. The van der Waals surface area contributed by atoms with E-state index in [4.69, 9.17) is 15.2 Å². The van der Waals surface area contributed by atoms with Crippen molar-refractivity contribution in [1.82, 2.24) is 9.78 Å². The van der Waals surface area contributed by atoms with Gasteiger partial charge in [0.1, 0.15) is 12.4 Å². The molecule has 5 nitrogen and oxygen atoms in total. The first-order valence-electron chi connectivity index (χ1n) is 6.43. The van der Waals surface area contributed by atoms with Crippen molar-refractivity contribution in [1.29, 1.82) is 0 Å². The van der Waals surface area contributed by atoms with Crippen LogP contribution in [-0.4, -0.2) is 23.0 Å². The van der Waals surface area contributed by atoms with Crippen LogP contribution in [0.3, 0.4) is 0 Å². The predicted molar refractivity (Wildman–Crippen MR) is 74.4 cm³/mol. The average Bonchev–Trinajstić information content (AvgIpc) is 2.83. The second-order valence-electron chi connectivity index (χ2n) is 4.15. The third-order valence-electron chi connectivity index (χ3n) is 2.55. The Labute approximate surface area is 112 Å². The van der Waals surface area contributed by atoms with Crippen LogP contribution in [0.2, 0.25) is 0 Å². The summed E-state index contributed by atoms with van der Waals surface area (Å²) in [6.45, 7) is 3.94. The van der Waals surface area contributed by atoms with Crippen molar-refractivity contribution >= 4 is 5.82 Å². The fourth-order valence-electron chi connectivity index (χ4n) is 1.65. The smallest absolute Gasteiger partial charge is 0.161 e. The van der Waals surface area contributed by atoms with E-state index in [1.54, 1.807) is 10.7 Å². The lowest BCUT2D eigenvalue weighted by molar-refractivity contribution is 0.256. The van der Waals surface area contributed by atoms with Crippen molar-refractivity contribution in [3.05, 3.63) is 36.5 Å². The van der Waals surface area contributed by atoms with Crippen LogP contribution in [0.25, 0.3) is 0 Å². The van der Waals surface area contributed by atoms with E-state index in [9.17, 15) is 0 Å². The molecule has 1 aromatic carbocycles. The van der Waals surface area contributed by atoms with E-state index < -0.39 is 0 Å². The monoisotopic (exact) mass is 261 g/mol. The first kappa shape index (κ1) is 13.3. The molecule has 0 atom stereocenters. The summed E-state index contributed by atoms with van der Waals surface area (Å²) in [5.74, 6) is 2.06. The van der Waals surface area contributed by atoms with Gasteiger partial charge in [-0.3, -0.25) is 4.68 Å². The molecule has 0 radical (unpaired) electrons. The maximum atomic E-state index is 5.72. The average molecular weight is 261 g/mol. The van der Waals surface area contributed by atoms with Gasteiger partial charge < -0.3 is 15.2 Å². The quantitative estimate of drug-likeness (QED) is 0.831. The Morgan fingerprint density at radius 2 is 1.79 bits per heavy atom. The van der Waals surface area contributed by atoms with Crippen LogP contribution in [-0.2, 0) is 6.54 Å². The zero-order valence-corrected chi connectivity index (χ0v) is 11.1. The Hall–Kier alpha value is -2.17. The second kappa shape index (κ2) is 6.68. The summed E-state index contributed by atoms with van der Waals surface area (Å²) in [6.07, 6.45) is 2.80. The molecule has 0 aliphatic rings. The highest BCUT2D eigenvalue weighted by Gasteiger charge is 2.03. The third kappa shape index (κ3) is 3.91. The number of hydrogen-bond donors (Lipinski definition) is 1. The van der Waals surface area contributed by atoms with Crippen LogP contribution in [0.15, 0.2) is 36.5 Å². The maximum Gasteiger partial charge on any atom is 0.161 e. The van der Waals surface area contributed by atoms with Gasteiger partial charge in [-0.25, -0.2) is 0 Å². The molecule has 0 aliphatic carbocycles. The van der Waals surface area contributed by atoms with Gasteiger partial charge >= 0.3 is 0 Å². The van der Waals surface area contributed by atoms with E-state index in [1.807, 2.05) is 30.5 Å². The minimum atomic E-state index is 0.520. The lowest BCUT2D eigenvalue weighted by atomic mass is 10.3. The van der Waals surface area contributed by atoms with Crippen molar-refractivity contribution in [2.75, 3.05) is 18.9 Å². The van der Waals surface area contributed by atoms with Gasteiger partial charge in [-0.2, -0.15) is 5.10 Å². The number of rotatable bonds is 7. The van der Waals surface area contributed by atoms with Gasteiger partial charge in [0, 0.05) is 6.20 Å². The highest BCUT2D eigenvalue weighted by molar-refractivity contribution is 5.39. The van der Waals surface area contributed by atoms with Crippen molar-refractivity contribution < 1.29 is 9.47 Å². The molecule has 1 heterocycles. The van der Waals surface area contributed by atoms with Crippen LogP contribution in [0.1, 0.15) is 13.3 Å². The zero-order chi connectivity index (χ0) is 13.5. The number of aromatic nitrogens is 2. The summed E-state index contributed by atoms with van der Waals surface area (Å²) < 4.78 is 13.1. The molecule has 0 spiro atoms. The molecule has 0 amide bonds. The van der Waals surface area contributed by atoms with Crippen LogP contribution in [0.4, 0.5) is 5.82 Å². The van der Waals surface area contributed by atoms with Gasteiger partial charge in [-0.05, 0) is 24.6 Å². The molecule has 0 bridgehead atoms. The number of anilines is 1. The molecule has 0 saturated heterocycles. The molecule has 2 N–H and O–H groups in total. The van der Waals surface area contributed by atoms with Crippen molar-refractivity contribution in [2.24, 2.45) is 0 Å². The van der Waals surface area contributed by atoms with E-state index in [1.165, 1.54) is 0 Å². The van der Waals surface area contributed by atoms with Gasteiger partial charge in [0.05, 0.1) is 13.2 Å². The Morgan fingerprint density at radius 3 is 2.37 bits per heavy atom. The molecule has 1 aromatic heterocycles. The molecule has 0 fully saturated rings. The Bertz CT molecular complexity index is 511. The maximum absolute atomic E-state index is 5.72. The minimum absolute atomic E-state index is 0.520. The molecule has 5 heteroatoms. The summed E-state index contributed by atoms with van der Waals surface area (Å²) in [5, 5.41) is 4.10. The highest BCUT2D eigenvalue weighted by atomic mass is 16.5. The molecule has 2 rings (SSSR count). The largest absolute Gasteiger partial charge is 0.490 e. The minimum Gasteiger partial charge on any atom is -0.490 e. The van der Waals surface area contributed by atoms with E-state index in [0.29, 0.717) is 25.6 Å². The number of para-hydroxylation sites is 2. The highest BCUT2D eigenvalue weighted by Crippen LogP contribution is 2.26. The Morgan fingerprint density at radius 1 is 1.11 bits per heavy atom. The lowest BCUT2D eigenvalue weighted by Crippen LogP contribution is -2.09. The second-order valence-corrected chi connectivity index (χ2v) is 4.15. The molecule has 19 heavy (non-hydrogen) atoms. The third-order valence-corrected chi connectivity index (χ3v) is 2.55. The Balaban J connectivity index is 1.88. The van der Waals surface area contributed by atoms with Gasteiger partial charge in [0.25, 0.3) is 0 Å². The van der Waals surface area contributed by atoms with Crippen LogP contribution in [0.5, 0.6) is 11.5 Å². The van der Waals surface area contributed by atoms with Gasteiger partial charge in [-0.15, -0.1) is 0 Å². The summed E-state index contributed by atoms with van der Waals surface area (Å²) in [4.78, 5) is 0. The predicted octanol–water partition coefficient (Wildman–Crippen LogP) is 2.33. The van der Waals surface area contributed by atoms with Gasteiger partial charge in [-0.1, -0.05) is 19.1 Å². The summed E-state index contributed by atoms with van der Waals surface area (Å²) in [5.41, 5.74) is 5.55. The number of nitrogens with zero attached hydrogens (tertiary/aromatic N) is 2. The first-order valence-corrected chi connectivity index (χ1v) is 6.43. The number of nitrogens with two attached hydrogens (primary N) is 1. The molecular weight excluding hydrogens is 242 g/mol. The van der Waals surface area contributed by atoms with Gasteiger partial charge in [0.2, 0.25) is 0 Å². The molecule has 0 saturated carbocycles. The molecule has 0 unspecified atom stereocenters. The molecule has 102 valence electrons. The topological polar surface area (TPSA) is 62.3 Å². The Kier molecular flexibility index (Phi) is 4.66. The lowest BCUT2D eigenvalue weighted by Gasteiger charge is -2.12. The van der Waals surface area contributed by atoms with Crippen LogP contribution < -0.4 is 15.2 Å². The number of hydrogen-bond acceptors (Lipinski definition) is 4. The fourth-order valence-corrected chi connectivity index (χ4v) is 1.65. The van der Waals surface area contributed by atoms with Crippen LogP contribution >= 0.6 is 0 Å². The molecule has 2 aromatic rings. The number of ether oxygens (including phenoxy) is 2. The van der Waals surface area contributed by atoms with E-state index in [2.05, 4.69) is 12.0 Å². The number of nitrogen functional groups attached to an aromatic ring is 1. The summed E-state index contributed by atoms with van der Waals surface area (Å²) >= 11 is 0. The zero-order valence-electron chi connectivity index (χ0n) is 11.1. The summed E-state index contributed by atoms with van der Waals surface area (Å²) in [7, 11) is 0. The van der Waals surface area contributed by atoms with E-state index in [-0.39, 0.29) is 0 Å². The van der Waals surface area contributed by atoms with Crippen molar-refractivity contribution in [3.63, 3.8) is 0 Å². The SMILES string of the molecule is CCCOc1ccccc1OCCn1ccc(N)n1. The van der Waals surface area contributed by atoms with Gasteiger partial charge in [0.15, 0.2) is 11.5 Å². The van der Waals surface area contributed by atoms with Crippen molar-refractivity contribution in [2.45, 2.75) is 19.9 Å². The standard InChI is InChI=1S/C14H19N3O2/c1-2-10-18-12-5-3-4-6-13(12)19-11-9-17-8-7-14(15)16-17/h3-8H,2,9-11H2,1H3,(H2,15,16). The molecular formula is C14H19N3O2. The van der Waals surface area contributed by atoms with Crippen molar-refractivity contribution in [3.8, 4) is 11.5 Å². The number of benzene rings is 1. The fraction of sp³-hybridized carbons (Fsp3) is 0.357. The normalized spacial score (nSPS) is 10.4.